The zero-order chi connectivity index (χ0) is 13.2. The fraction of sp³-hybridized carbons (Fsp3) is 0.357. The van der Waals surface area contributed by atoms with E-state index < -0.39 is 0 Å². The molecule has 2 heterocycles. The minimum absolute atomic E-state index is 0.481. The highest BCUT2D eigenvalue weighted by atomic mass is 16.6. The molecule has 0 saturated carbocycles. The molecule has 1 aromatic carbocycles. The number of nitrogens with two attached hydrogens (primary N) is 1. The van der Waals surface area contributed by atoms with Crippen molar-refractivity contribution in [2.75, 3.05) is 18.9 Å². The normalized spacial score (nSPS) is 13.5. The molecule has 19 heavy (non-hydrogen) atoms. The maximum absolute atomic E-state index is 5.64. The average molecular weight is 259 g/mol. The topological polar surface area (TPSA) is 73.2 Å². The number of benzene rings is 1. The van der Waals surface area contributed by atoms with Crippen molar-refractivity contribution in [2.24, 2.45) is 0 Å². The summed E-state index contributed by atoms with van der Waals surface area (Å²) in [7, 11) is 0. The second-order valence-corrected chi connectivity index (χ2v) is 4.67. The zero-order valence-corrected chi connectivity index (χ0v) is 10.9. The standard InChI is InChI=1S/C14H17N3O2/c1-9-11(17-14(15)16-9)4-2-10-3-5-12-13(8-10)19-7-6-18-12/h3,5,8H,2,4,6-7H2,1H3,(H3,15,16,17). The van der Waals surface area contributed by atoms with Crippen molar-refractivity contribution in [3.63, 3.8) is 0 Å². The molecule has 2 aromatic rings. The minimum Gasteiger partial charge on any atom is -0.486 e. The number of anilines is 1. The van der Waals surface area contributed by atoms with Crippen LogP contribution in [0.1, 0.15) is 17.0 Å². The lowest BCUT2D eigenvalue weighted by atomic mass is 10.1. The van der Waals surface area contributed by atoms with Crippen LogP contribution in [0.25, 0.3) is 0 Å². The first-order valence-electron chi connectivity index (χ1n) is 6.42. The highest BCUT2D eigenvalue weighted by molar-refractivity contribution is 5.44. The Balaban J connectivity index is 1.71. The number of aromatic nitrogens is 2. The van der Waals surface area contributed by atoms with Crippen LogP contribution < -0.4 is 15.2 Å². The number of rotatable bonds is 3. The predicted octanol–water partition coefficient (Wildman–Crippen LogP) is 1.86. The monoisotopic (exact) mass is 259 g/mol. The van der Waals surface area contributed by atoms with E-state index in [1.54, 1.807) is 0 Å². The Morgan fingerprint density at radius 3 is 2.74 bits per heavy atom. The molecule has 0 fully saturated rings. The summed E-state index contributed by atoms with van der Waals surface area (Å²) in [5.41, 5.74) is 8.91. The Hall–Kier alpha value is -2.17. The van der Waals surface area contributed by atoms with Gasteiger partial charge >= 0.3 is 0 Å². The molecule has 0 amide bonds. The number of nitrogens with zero attached hydrogens (tertiary/aromatic N) is 1. The van der Waals surface area contributed by atoms with E-state index in [0.717, 1.165) is 35.7 Å². The molecule has 100 valence electrons. The second-order valence-electron chi connectivity index (χ2n) is 4.67. The van der Waals surface area contributed by atoms with Crippen LogP contribution in [-0.4, -0.2) is 23.2 Å². The van der Waals surface area contributed by atoms with Gasteiger partial charge in [-0.25, -0.2) is 4.98 Å². The number of nitrogens with one attached hydrogen (secondary N) is 1. The van der Waals surface area contributed by atoms with Crippen molar-refractivity contribution in [2.45, 2.75) is 19.8 Å². The number of H-pyrrole nitrogens is 1. The molecule has 1 aliphatic heterocycles. The molecule has 0 bridgehead atoms. The lowest BCUT2D eigenvalue weighted by Gasteiger charge is -2.18. The number of imidazole rings is 1. The Labute approximate surface area is 111 Å². The Morgan fingerprint density at radius 2 is 2.00 bits per heavy atom. The van der Waals surface area contributed by atoms with E-state index in [2.05, 4.69) is 16.0 Å². The molecule has 1 aliphatic rings. The van der Waals surface area contributed by atoms with Crippen molar-refractivity contribution < 1.29 is 9.47 Å². The first-order valence-corrected chi connectivity index (χ1v) is 6.42. The van der Waals surface area contributed by atoms with E-state index in [4.69, 9.17) is 15.2 Å². The van der Waals surface area contributed by atoms with Crippen LogP contribution in [0.4, 0.5) is 5.95 Å². The second kappa shape index (κ2) is 4.84. The summed E-state index contributed by atoms with van der Waals surface area (Å²) in [6.45, 7) is 3.23. The maximum atomic E-state index is 5.64. The van der Waals surface area contributed by atoms with E-state index in [9.17, 15) is 0 Å². The van der Waals surface area contributed by atoms with Gasteiger partial charge in [-0.1, -0.05) is 6.07 Å². The number of nitrogen functional groups attached to an aromatic ring is 1. The number of hydrogen-bond acceptors (Lipinski definition) is 4. The fourth-order valence-corrected chi connectivity index (χ4v) is 2.27. The van der Waals surface area contributed by atoms with Gasteiger partial charge in [0.2, 0.25) is 0 Å². The van der Waals surface area contributed by atoms with E-state index >= 15 is 0 Å². The molecule has 0 saturated heterocycles. The summed E-state index contributed by atoms with van der Waals surface area (Å²) in [4.78, 5) is 7.29. The number of aryl methyl sites for hydroxylation is 3. The fourth-order valence-electron chi connectivity index (χ4n) is 2.27. The highest BCUT2D eigenvalue weighted by Crippen LogP contribution is 2.31. The Kier molecular flexibility index (Phi) is 3.03. The Morgan fingerprint density at radius 1 is 1.21 bits per heavy atom. The molecule has 1 aromatic heterocycles. The first kappa shape index (κ1) is 11.9. The smallest absolute Gasteiger partial charge is 0.197 e. The molecule has 0 spiro atoms. The van der Waals surface area contributed by atoms with Gasteiger partial charge in [-0.2, -0.15) is 0 Å². The summed E-state index contributed by atoms with van der Waals surface area (Å²) in [5.74, 6) is 2.15. The van der Waals surface area contributed by atoms with Crippen molar-refractivity contribution >= 4 is 5.95 Å². The van der Waals surface area contributed by atoms with Crippen LogP contribution in [0.15, 0.2) is 18.2 Å². The van der Waals surface area contributed by atoms with Crippen LogP contribution in [0.2, 0.25) is 0 Å². The van der Waals surface area contributed by atoms with Gasteiger partial charge in [0.25, 0.3) is 0 Å². The van der Waals surface area contributed by atoms with Crippen LogP contribution in [-0.2, 0) is 12.8 Å². The third-order valence-electron chi connectivity index (χ3n) is 3.26. The predicted molar refractivity (Wildman–Crippen MR) is 72.6 cm³/mol. The average Bonchev–Trinajstić information content (AvgIpc) is 2.74. The summed E-state index contributed by atoms with van der Waals surface area (Å²) >= 11 is 0. The molecule has 3 rings (SSSR count). The quantitative estimate of drug-likeness (QED) is 0.882. The minimum atomic E-state index is 0.481. The van der Waals surface area contributed by atoms with Crippen molar-refractivity contribution in [1.29, 1.82) is 0 Å². The zero-order valence-electron chi connectivity index (χ0n) is 10.9. The van der Waals surface area contributed by atoms with E-state index in [1.807, 2.05) is 19.1 Å². The van der Waals surface area contributed by atoms with Gasteiger partial charge in [0, 0.05) is 5.69 Å². The molecule has 0 unspecified atom stereocenters. The van der Waals surface area contributed by atoms with Gasteiger partial charge in [-0.15, -0.1) is 0 Å². The maximum Gasteiger partial charge on any atom is 0.197 e. The van der Waals surface area contributed by atoms with Gasteiger partial charge in [0.15, 0.2) is 17.4 Å². The third-order valence-corrected chi connectivity index (χ3v) is 3.26. The lowest BCUT2D eigenvalue weighted by Crippen LogP contribution is -2.15. The van der Waals surface area contributed by atoms with Crippen LogP contribution in [0.3, 0.4) is 0 Å². The van der Waals surface area contributed by atoms with Crippen LogP contribution in [0, 0.1) is 6.92 Å². The summed E-state index contributed by atoms with van der Waals surface area (Å²) in [6.07, 6.45) is 1.76. The Bertz CT molecular complexity index is 592. The first-order chi connectivity index (χ1) is 9.22. The van der Waals surface area contributed by atoms with Crippen molar-refractivity contribution in [1.82, 2.24) is 9.97 Å². The molecule has 5 nitrogen and oxygen atoms in total. The molecule has 0 atom stereocenters. The third kappa shape index (κ3) is 2.50. The molecule has 5 heteroatoms. The number of fused-ring (bicyclic) bond motifs is 1. The number of hydrogen-bond donors (Lipinski definition) is 2. The SMILES string of the molecule is Cc1[nH]c(N)nc1CCc1ccc2c(c1)OCCO2. The molecular formula is C14H17N3O2. The molecule has 0 radical (unpaired) electrons. The van der Waals surface area contributed by atoms with Gasteiger partial charge in [-0.05, 0) is 37.5 Å². The van der Waals surface area contributed by atoms with Gasteiger partial charge in [0.05, 0.1) is 5.69 Å². The van der Waals surface area contributed by atoms with Crippen LogP contribution in [0.5, 0.6) is 11.5 Å². The van der Waals surface area contributed by atoms with E-state index in [-0.39, 0.29) is 0 Å². The number of ether oxygens (including phenoxy) is 2. The summed E-state index contributed by atoms with van der Waals surface area (Å²) < 4.78 is 11.1. The number of aromatic amines is 1. The van der Waals surface area contributed by atoms with Crippen molar-refractivity contribution in [3.8, 4) is 11.5 Å². The van der Waals surface area contributed by atoms with Gasteiger partial charge in [0.1, 0.15) is 13.2 Å². The van der Waals surface area contributed by atoms with Gasteiger partial charge in [-0.3, -0.25) is 0 Å². The van der Waals surface area contributed by atoms with E-state index in [0.29, 0.717) is 19.2 Å². The largest absolute Gasteiger partial charge is 0.486 e. The summed E-state index contributed by atoms with van der Waals surface area (Å²) in [5, 5.41) is 0. The highest BCUT2D eigenvalue weighted by Gasteiger charge is 2.12. The molecule has 0 aliphatic carbocycles. The summed E-state index contributed by atoms with van der Waals surface area (Å²) in [6, 6.07) is 6.08. The van der Waals surface area contributed by atoms with E-state index in [1.165, 1.54) is 5.56 Å². The molecular weight excluding hydrogens is 242 g/mol. The van der Waals surface area contributed by atoms with Crippen molar-refractivity contribution in [3.05, 3.63) is 35.2 Å². The molecule has 3 N–H and O–H groups in total. The van der Waals surface area contributed by atoms with Gasteiger partial charge < -0.3 is 20.2 Å². The lowest BCUT2D eigenvalue weighted by molar-refractivity contribution is 0.171. The van der Waals surface area contributed by atoms with Crippen LogP contribution >= 0.6 is 0 Å².